The first-order chi connectivity index (χ1) is 21.0. The van der Waals surface area contributed by atoms with Gasteiger partial charge in [0.1, 0.15) is 5.82 Å². The summed E-state index contributed by atoms with van der Waals surface area (Å²) in [7, 11) is 0. The van der Waals surface area contributed by atoms with E-state index in [2.05, 4.69) is 13.0 Å². The van der Waals surface area contributed by atoms with Gasteiger partial charge in [0.05, 0.1) is 0 Å². The predicted octanol–water partition coefficient (Wildman–Crippen LogP) is 12.7. The van der Waals surface area contributed by atoms with Crippen LogP contribution in [0.4, 0.5) is 13.2 Å². The summed E-state index contributed by atoms with van der Waals surface area (Å²) in [6.45, 7) is 4.23. The van der Waals surface area contributed by atoms with Gasteiger partial charge in [0.2, 0.25) is 0 Å². The molecule has 1 saturated carbocycles. The van der Waals surface area contributed by atoms with Crippen LogP contribution in [0.1, 0.15) is 115 Å². The summed E-state index contributed by atoms with van der Waals surface area (Å²) in [6, 6.07) is 16.1. The number of unbranched alkanes of at least 4 members (excludes halogenated alkanes) is 4. The van der Waals surface area contributed by atoms with E-state index >= 15 is 4.39 Å². The zero-order chi connectivity index (χ0) is 30.2. The van der Waals surface area contributed by atoms with Gasteiger partial charge in [-0.15, -0.1) is 0 Å². The second-order valence-electron chi connectivity index (χ2n) is 13.2. The third kappa shape index (κ3) is 7.83. The Morgan fingerprint density at radius 2 is 1.33 bits per heavy atom. The second-order valence-corrected chi connectivity index (χ2v) is 13.2. The summed E-state index contributed by atoms with van der Waals surface area (Å²) in [6.07, 6.45) is 20.7. The van der Waals surface area contributed by atoms with Crippen molar-refractivity contribution in [2.45, 2.75) is 110 Å². The van der Waals surface area contributed by atoms with Crippen molar-refractivity contribution in [1.29, 1.82) is 0 Å². The summed E-state index contributed by atoms with van der Waals surface area (Å²) < 4.78 is 44.6. The van der Waals surface area contributed by atoms with Crippen LogP contribution in [0.5, 0.6) is 0 Å². The van der Waals surface area contributed by atoms with Crippen LogP contribution < -0.4 is 0 Å². The highest BCUT2D eigenvalue weighted by atomic mass is 19.2. The van der Waals surface area contributed by atoms with Crippen LogP contribution in [-0.4, -0.2) is 0 Å². The molecule has 0 N–H and O–H groups in total. The number of aryl methyl sites for hydroxylation is 1. The number of hydrogen-bond donors (Lipinski definition) is 0. The molecule has 1 fully saturated rings. The minimum absolute atomic E-state index is 0.189. The first-order valence-electron chi connectivity index (χ1n) is 17.0. The number of halogens is 3. The molecule has 0 radical (unpaired) electrons. The highest BCUT2D eigenvalue weighted by molar-refractivity contribution is 5.74. The number of benzene rings is 3. The molecule has 5 rings (SSSR count). The van der Waals surface area contributed by atoms with Gasteiger partial charge in [-0.3, -0.25) is 0 Å². The van der Waals surface area contributed by atoms with E-state index in [0.29, 0.717) is 17.5 Å². The molecular weight excluding hydrogens is 537 g/mol. The Morgan fingerprint density at radius 3 is 2.00 bits per heavy atom. The Balaban J connectivity index is 1.16. The smallest absolute Gasteiger partial charge is 0.166 e. The maximum absolute atomic E-state index is 15.4. The summed E-state index contributed by atoms with van der Waals surface area (Å²) in [5.41, 5.74) is 4.76. The molecule has 230 valence electrons. The molecule has 0 heterocycles. The molecule has 3 heteroatoms. The molecule has 1 atom stereocenters. The standard InChI is InChI=1S/C40H49F3/c1-3-5-6-7-8-10-28-11-13-29(14-12-28)30-15-19-32(20-16-30)36-25-24-35(27-38(36)41)31-17-21-33(22-18-31)37-26-23-34(9-4-2)39(42)40(37)43/h17-19,21-30H,3-16,20H2,1-2H3. The molecule has 43 heavy (non-hydrogen) atoms. The van der Waals surface area contributed by atoms with Gasteiger partial charge in [0.15, 0.2) is 11.6 Å². The van der Waals surface area contributed by atoms with Gasteiger partial charge in [-0.2, -0.15) is 0 Å². The molecule has 0 aliphatic heterocycles. The molecular formula is C40H49F3. The Morgan fingerprint density at radius 1 is 0.628 bits per heavy atom. The van der Waals surface area contributed by atoms with Crippen molar-refractivity contribution >= 4 is 5.57 Å². The Labute approximate surface area is 257 Å². The van der Waals surface area contributed by atoms with Crippen molar-refractivity contribution < 1.29 is 13.2 Å². The Bertz CT molecular complexity index is 1360. The molecule has 0 amide bonds. The van der Waals surface area contributed by atoms with E-state index in [1.54, 1.807) is 30.3 Å². The van der Waals surface area contributed by atoms with E-state index in [1.165, 1.54) is 64.2 Å². The lowest BCUT2D eigenvalue weighted by atomic mass is 9.70. The first-order valence-corrected chi connectivity index (χ1v) is 17.0. The van der Waals surface area contributed by atoms with E-state index in [-0.39, 0.29) is 11.4 Å². The predicted molar refractivity (Wildman–Crippen MR) is 175 cm³/mol. The summed E-state index contributed by atoms with van der Waals surface area (Å²) in [5.74, 6) is 0.765. The van der Waals surface area contributed by atoms with Gasteiger partial charge in [-0.1, -0.05) is 126 Å². The van der Waals surface area contributed by atoms with Gasteiger partial charge in [-0.25, -0.2) is 13.2 Å². The fourth-order valence-corrected chi connectivity index (χ4v) is 7.58. The summed E-state index contributed by atoms with van der Waals surface area (Å²) in [5, 5.41) is 0. The zero-order valence-corrected chi connectivity index (χ0v) is 26.2. The summed E-state index contributed by atoms with van der Waals surface area (Å²) in [4.78, 5) is 0. The van der Waals surface area contributed by atoms with Crippen molar-refractivity contribution in [3.63, 3.8) is 0 Å². The largest absolute Gasteiger partial charge is 0.206 e. The lowest BCUT2D eigenvalue weighted by Crippen LogP contribution is -2.23. The molecule has 0 aromatic heterocycles. The van der Waals surface area contributed by atoms with Gasteiger partial charge < -0.3 is 0 Å². The van der Waals surface area contributed by atoms with Gasteiger partial charge in [0, 0.05) is 11.1 Å². The van der Waals surface area contributed by atoms with Crippen LogP contribution >= 0.6 is 0 Å². The molecule has 1 unspecified atom stereocenters. The monoisotopic (exact) mass is 586 g/mol. The van der Waals surface area contributed by atoms with E-state index in [1.807, 2.05) is 31.2 Å². The number of hydrogen-bond acceptors (Lipinski definition) is 0. The van der Waals surface area contributed by atoms with E-state index < -0.39 is 11.6 Å². The van der Waals surface area contributed by atoms with Crippen molar-refractivity contribution in [2.24, 2.45) is 17.8 Å². The maximum atomic E-state index is 15.4. The molecule has 0 saturated heterocycles. The average molecular weight is 587 g/mol. The SMILES string of the molecule is CCCCCCCC1CCC(C2CC=C(c3ccc(-c4ccc(-c5ccc(CCC)c(F)c5F)cc4)cc3F)CC2)CC1. The fraction of sp³-hybridized carbons (Fsp3) is 0.500. The maximum Gasteiger partial charge on any atom is 0.166 e. The third-order valence-corrected chi connectivity index (χ3v) is 10.3. The van der Waals surface area contributed by atoms with Crippen LogP contribution in [0, 0.1) is 35.2 Å². The topological polar surface area (TPSA) is 0 Å². The van der Waals surface area contributed by atoms with E-state index in [0.717, 1.165) is 65.7 Å². The Kier molecular flexibility index (Phi) is 11.2. The minimum Gasteiger partial charge on any atom is -0.206 e. The minimum atomic E-state index is -0.807. The summed E-state index contributed by atoms with van der Waals surface area (Å²) >= 11 is 0. The zero-order valence-electron chi connectivity index (χ0n) is 26.2. The van der Waals surface area contributed by atoms with Crippen LogP contribution in [0.25, 0.3) is 27.8 Å². The lowest BCUT2D eigenvalue weighted by molar-refractivity contribution is 0.187. The van der Waals surface area contributed by atoms with Crippen LogP contribution in [0.15, 0.2) is 60.7 Å². The second kappa shape index (κ2) is 15.3. The molecule has 0 nitrogen and oxygen atoms in total. The molecule has 2 aliphatic rings. The quantitative estimate of drug-likeness (QED) is 0.185. The number of allylic oxidation sites excluding steroid dienone is 2. The van der Waals surface area contributed by atoms with Crippen molar-refractivity contribution in [2.75, 3.05) is 0 Å². The lowest BCUT2D eigenvalue weighted by Gasteiger charge is -2.35. The molecule has 2 aliphatic carbocycles. The van der Waals surface area contributed by atoms with E-state index in [4.69, 9.17) is 0 Å². The van der Waals surface area contributed by atoms with E-state index in [9.17, 15) is 8.78 Å². The van der Waals surface area contributed by atoms with Gasteiger partial charge >= 0.3 is 0 Å². The normalized spacial score (nSPS) is 20.7. The van der Waals surface area contributed by atoms with Gasteiger partial charge in [0.25, 0.3) is 0 Å². The highest BCUT2D eigenvalue weighted by Gasteiger charge is 2.29. The van der Waals surface area contributed by atoms with Crippen LogP contribution in [0.3, 0.4) is 0 Å². The number of rotatable bonds is 12. The molecule has 3 aromatic carbocycles. The van der Waals surface area contributed by atoms with Crippen molar-refractivity contribution in [3.05, 3.63) is 89.3 Å². The Hall–Kier alpha value is -2.81. The van der Waals surface area contributed by atoms with Crippen molar-refractivity contribution in [1.82, 2.24) is 0 Å². The average Bonchev–Trinajstić information content (AvgIpc) is 3.04. The molecule has 0 bridgehead atoms. The van der Waals surface area contributed by atoms with Crippen molar-refractivity contribution in [3.8, 4) is 22.3 Å². The van der Waals surface area contributed by atoms with Crippen LogP contribution in [-0.2, 0) is 6.42 Å². The fourth-order valence-electron chi connectivity index (χ4n) is 7.58. The van der Waals surface area contributed by atoms with Gasteiger partial charge in [-0.05, 0) is 90.2 Å². The highest BCUT2D eigenvalue weighted by Crippen LogP contribution is 2.43. The van der Waals surface area contributed by atoms with Crippen LogP contribution in [0.2, 0.25) is 0 Å². The molecule has 3 aromatic rings. The third-order valence-electron chi connectivity index (χ3n) is 10.3. The first kappa shape index (κ1) is 31.6. The molecule has 0 spiro atoms.